The molecule has 2 heterocycles. The maximum Gasteiger partial charge on any atom is 0.228 e. The topological polar surface area (TPSA) is 46.9 Å². The lowest BCUT2D eigenvalue weighted by atomic mass is 10.0. The molecule has 0 spiro atoms. The Morgan fingerprint density at radius 3 is 3.00 bits per heavy atom. The predicted molar refractivity (Wildman–Crippen MR) is 52.1 cm³/mol. The number of aryl methyl sites for hydroxylation is 1. The molecule has 74 valence electrons. The largest absolute Gasteiger partial charge is 0.313 e. The maximum absolute atomic E-state index is 11.2. The molecule has 0 saturated carbocycles. The number of nitrogens with zero attached hydrogens (tertiary/aromatic N) is 2. The highest BCUT2D eigenvalue weighted by Crippen LogP contribution is 2.26. The van der Waals surface area contributed by atoms with E-state index >= 15 is 0 Å². The lowest BCUT2D eigenvalue weighted by Crippen LogP contribution is -2.24. The molecule has 0 unspecified atom stereocenters. The van der Waals surface area contributed by atoms with Crippen molar-refractivity contribution >= 4 is 11.9 Å². The molecule has 0 atom stereocenters. The third-order valence-electron chi connectivity index (χ3n) is 3.05. The van der Waals surface area contributed by atoms with E-state index in [0.717, 1.165) is 25.3 Å². The molecule has 1 aromatic heterocycles. The van der Waals surface area contributed by atoms with E-state index in [1.165, 1.54) is 24.2 Å². The van der Waals surface area contributed by atoms with Crippen LogP contribution in [0.2, 0.25) is 0 Å². The highest BCUT2D eigenvalue weighted by Gasteiger charge is 2.23. The number of anilines is 1. The number of hydrogen-bond donors (Lipinski definition) is 1. The molecule has 14 heavy (non-hydrogen) atoms. The van der Waals surface area contributed by atoms with Crippen LogP contribution in [0.5, 0.6) is 0 Å². The minimum atomic E-state index is 0.0971. The number of imidazole rings is 1. The van der Waals surface area contributed by atoms with Crippen molar-refractivity contribution in [1.82, 2.24) is 9.55 Å². The van der Waals surface area contributed by atoms with Gasteiger partial charge < -0.3 is 4.57 Å². The fraction of sp³-hybridized carbons (Fsp3) is 0.600. The summed E-state index contributed by atoms with van der Waals surface area (Å²) in [5.74, 6) is 0.869. The Labute approximate surface area is 82.3 Å². The summed E-state index contributed by atoms with van der Waals surface area (Å²) in [5.41, 5.74) is 2.56. The Balaban J connectivity index is 2.08. The third-order valence-corrected chi connectivity index (χ3v) is 3.05. The first-order valence-corrected chi connectivity index (χ1v) is 5.23. The van der Waals surface area contributed by atoms with E-state index in [1.807, 2.05) is 0 Å². The monoisotopic (exact) mass is 191 g/mol. The van der Waals surface area contributed by atoms with Crippen LogP contribution >= 0.6 is 0 Å². The van der Waals surface area contributed by atoms with Crippen LogP contribution in [0.4, 0.5) is 5.95 Å². The fourth-order valence-corrected chi connectivity index (χ4v) is 2.34. The van der Waals surface area contributed by atoms with Gasteiger partial charge in [-0.05, 0) is 25.7 Å². The van der Waals surface area contributed by atoms with Crippen LogP contribution in [-0.4, -0.2) is 15.5 Å². The first kappa shape index (κ1) is 8.03. The summed E-state index contributed by atoms with van der Waals surface area (Å²) in [7, 11) is 0. The number of carbonyl (C=O) groups is 1. The molecule has 1 amide bonds. The van der Waals surface area contributed by atoms with Gasteiger partial charge in [-0.15, -0.1) is 0 Å². The molecule has 4 heteroatoms. The molecule has 0 saturated heterocycles. The van der Waals surface area contributed by atoms with Gasteiger partial charge in [0.05, 0.1) is 5.69 Å². The van der Waals surface area contributed by atoms with E-state index in [2.05, 4.69) is 14.9 Å². The van der Waals surface area contributed by atoms with Crippen molar-refractivity contribution in [2.24, 2.45) is 0 Å². The number of amides is 1. The molecule has 3 rings (SSSR count). The first-order chi connectivity index (χ1) is 6.84. The van der Waals surface area contributed by atoms with Gasteiger partial charge >= 0.3 is 0 Å². The molecular formula is C10H13N3O. The van der Waals surface area contributed by atoms with Gasteiger partial charge in [0, 0.05) is 18.7 Å². The molecule has 0 radical (unpaired) electrons. The third kappa shape index (κ3) is 1.06. The van der Waals surface area contributed by atoms with Crippen LogP contribution in [0.3, 0.4) is 0 Å². The molecule has 1 aliphatic heterocycles. The Morgan fingerprint density at radius 1 is 1.21 bits per heavy atom. The highest BCUT2D eigenvalue weighted by molar-refractivity contribution is 5.90. The van der Waals surface area contributed by atoms with Crippen molar-refractivity contribution in [2.45, 2.75) is 38.6 Å². The number of nitrogens with one attached hydrogen (secondary N) is 1. The van der Waals surface area contributed by atoms with Crippen LogP contribution in [-0.2, 0) is 24.2 Å². The van der Waals surface area contributed by atoms with E-state index in [9.17, 15) is 4.79 Å². The van der Waals surface area contributed by atoms with Gasteiger partial charge in [-0.2, -0.15) is 0 Å². The van der Waals surface area contributed by atoms with E-state index < -0.39 is 0 Å². The molecule has 1 N–H and O–H groups in total. The first-order valence-electron chi connectivity index (χ1n) is 5.23. The number of rotatable bonds is 0. The van der Waals surface area contributed by atoms with E-state index in [0.29, 0.717) is 6.42 Å². The molecular weight excluding hydrogens is 178 g/mol. The second kappa shape index (κ2) is 2.83. The van der Waals surface area contributed by atoms with Crippen molar-refractivity contribution in [2.75, 3.05) is 5.32 Å². The van der Waals surface area contributed by atoms with Gasteiger partial charge in [0.2, 0.25) is 11.9 Å². The normalized spacial score (nSPS) is 19.9. The summed E-state index contributed by atoms with van der Waals surface area (Å²) in [4.78, 5) is 15.6. The lowest BCUT2D eigenvalue weighted by molar-refractivity contribution is -0.116. The van der Waals surface area contributed by atoms with E-state index in [4.69, 9.17) is 0 Å². The van der Waals surface area contributed by atoms with Gasteiger partial charge in [-0.25, -0.2) is 4.98 Å². The maximum atomic E-state index is 11.2. The Bertz CT molecular complexity index is 394. The minimum absolute atomic E-state index is 0.0971. The average Bonchev–Trinajstić information content (AvgIpc) is 2.54. The van der Waals surface area contributed by atoms with Crippen LogP contribution in [0.25, 0.3) is 0 Å². The van der Waals surface area contributed by atoms with E-state index in [-0.39, 0.29) is 5.91 Å². The second-order valence-corrected chi connectivity index (χ2v) is 3.99. The Kier molecular flexibility index (Phi) is 1.63. The Morgan fingerprint density at radius 2 is 2.07 bits per heavy atom. The molecule has 0 fully saturated rings. The van der Waals surface area contributed by atoms with Crippen molar-refractivity contribution in [3.63, 3.8) is 0 Å². The zero-order valence-corrected chi connectivity index (χ0v) is 8.05. The number of hydrogen-bond acceptors (Lipinski definition) is 2. The fourth-order valence-electron chi connectivity index (χ4n) is 2.34. The predicted octanol–water partition coefficient (Wildman–Crippen LogP) is 1.10. The molecule has 0 bridgehead atoms. The van der Waals surface area contributed by atoms with Gasteiger partial charge in [-0.3, -0.25) is 10.1 Å². The molecule has 0 aromatic carbocycles. The van der Waals surface area contributed by atoms with Gasteiger partial charge in [-0.1, -0.05) is 0 Å². The molecule has 4 nitrogen and oxygen atoms in total. The van der Waals surface area contributed by atoms with Crippen molar-refractivity contribution in [3.8, 4) is 0 Å². The standard InChI is InChI=1S/C10H13N3O/c14-9-5-6-13-8-4-2-1-3-7(8)11-10(13)12-9/h1-6H2,(H,11,12,14). The summed E-state index contributed by atoms with van der Waals surface area (Å²) < 4.78 is 2.18. The number of fused-ring (bicyclic) bond motifs is 3. The van der Waals surface area contributed by atoms with Crippen LogP contribution < -0.4 is 5.32 Å². The average molecular weight is 191 g/mol. The SMILES string of the molecule is O=C1CCn2c(nc3c2CCCC3)N1. The Hall–Kier alpha value is -1.32. The highest BCUT2D eigenvalue weighted by atomic mass is 16.1. The number of aromatic nitrogens is 2. The summed E-state index contributed by atoms with van der Waals surface area (Å²) in [6.45, 7) is 0.809. The lowest BCUT2D eigenvalue weighted by Gasteiger charge is -2.18. The quantitative estimate of drug-likeness (QED) is 0.667. The van der Waals surface area contributed by atoms with Gasteiger partial charge in [0.25, 0.3) is 0 Å². The van der Waals surface area contributed by atoms with Crippen molar-refractivity contribution in [1.29, 1.82) is 0 Å². The van der Waals surface area contributed by atoms with Crippen LogP contribution in [0, 0.1) is 0 Å². The summed E-state index contributed by atoms with van der Waals surface area (Å²) in [6.07, 6.45) is 5.28. The van der Waals surface area contributed by atoms with Crippen LogP contribution in [0.1, 0.15) is 30.7 Å². The molecule has 2 aliphatic rings. The minimum Gasteiger partial charge on any atom is -0.313 e. The summed E-state index contributed by atoms with van der Waals surface area (Å²) in [5, 5.41) is 2.83. The second-order valence-electron chi connectivity index (χ2n) is 3.99. The molecule has 1 aliphatic carbocycles. The smallest absolute Gasteiger partial charge is 0.228 e. The molecule has 1 aromatic rings. The van der Waals surface area contributed by atoms with Crippen molar-refractivity contribution in [3.05, 3.63) is 11.4 Å². The van der Waals surface area contributed by atoms with Crippen molar-refractivity contribution < 1.29 is 4.79 Å². The zero-order valence-electron chi connectivity index (χ0n) is 8.05. The summed E-state index contributed by atoms with van der Waals surface area (Å²) >= 11 is 0. The zero-order chi connectivity index (χ0) is 9.54. The van der Waals surface area contributed by atoms with Crippen LogP contribution in [0.15, 0.2) is 0 Å². The van der Waals surface area contributed by atoms with Gasteiger partial charge in [0.15, 0.2) is 0 Å². The van der Waals surface area contributed by atoms with E-state index in [1.54, 1.807) is 0 Å². The number of carbonyl (C=O) groups excluding carboxylic acids is 1. The summed E-state index contributed by atoms with van der Waals surface area (Å²) in [6, 6.07) is 0. The van der Waals surface area contributed by atoms with Gasteiger partial charge in [0.1, 0.15) is 0 Å².